The number of aliphatic hydroxyl groups excluding tert-OH is 1. The van der Waals surface area contributed by atoms with Gasteiger partial charge in [-0.3, -0.25) is 0 Å². The van der Waals surface area contributed by atoms with Gasteiger partial charge in [-0.1, -0.05) is 12.8 Å². The highest BCUT2D eigenvalue weighted by Gasteiger charge is 2.37. The molecular formula is C29H37F6N3O2. The molecule has 1 unspecified atom stereocenters. The zero-order chi connectivity index (χ0) is 29.1. The summed E-state index contributed by atoms with van der Waals surface area (Å²) in [6, 6.07) is 3.52. The third kappa shape index (κ3) is 7.47. The van der Waals surface area contributed by atoms with Crippen molar-refractivity contribution in [2.75, 3.05) is 25.1 Å². The predicted octanol–water partition coefficient (Wildman–Crippen LogP) is 6.94. The number of hydrogen-bond donors (Lipinski definition) is 1. The Morgan fingerprint density at radius 3 is 2.12 bits per heavy atom. The van der Waals surface area contributed by atoms with E-state index >= 15 is 0 Å². The molecule has 0 amide bonds. The first-order valence-corrected chi connectivity index (χ1v) is 13.9. The summed E-state index contributed by atoms with van der Waals surface area (Å²) in [5.41, 5.74) is -0.139. The molecule has 222 valence electrons. The number of alkyl halides is 6. The Labute approximate surface area is 231 Å². The number of halogens is 6. The lowest BCUT2D eigenvalue weighted by molar-refractivity contribution is -0.184. The van der Waals surface area contributed by atoms with Gasteiger partial charge in [0, 0.05) is 44.5 Å². The summed E-state index contributed by atoms with van der Waals surface area (Å²) in [6.07, 6.45) is -3.05. The minimum Gasteiger partial charge on any atom is -0.356 e. The molecule has 4 rings (SSSR count). The highest BCUT2D eigenvalue weighted by molar-refractivity contribution is 5.51. The van der Waals surface area contributed by atoms with Crippen molar-refractivity contribution in [3.8, 4) is 0 Å². The Hall–Kier alpha value is -2.37. The Kier molecular flexibility index (Phi) is 9.67. The molecule has 2 aliphatic carbocycles. The fourth-order valence-electron chi connectivity index (χ4n) is 5.86. The number of rotatable bonds is 10. The smallest absolute Gasteiger partial charge is 0.356 e. The number of pyridine rings is 1. The van der Waals surface area contributed by atoms with Crippen LogP contribution in [-0.4, -0.2) is 41.6 Å². The van der Waals surface area contributed by atoms with Crippen LogP contribution in [0.4, 0.5) is 32.2 Å². The van der Waals surface area contributed by atoms with Crippen molar-refractivity contribution in [3.63, 3.8) is 0 Å². The van der Waals surface area contributed by atoms with Crippen molar-refractivity contribution < 1.29 is 36.2 Å². The molecule has 40 heavy (non-hydrogen) atoms. The Morgan fingerprint density at radius 1 is 0.925 bits per heavy atom. The van der Waals surface area contributed by atoms with Crippen LogP contribution in [0.2, 0.25) is 0 Å². The maximum absolute atomic E-state index is 13.5. The minimum atomic E-state index is -4.96. The molecule has 1 aromatic heterocycles. The van der Waals surface area contributed by atoms with Gasteiger partial charge < -0.3 is 14.7 Å². The summed E-state index contributed by atoms with van der Waals surface area (Å²) < 4.78 is 86.0. The third-order valence-corrected chi connectivity index (χ3v) is 7.92. The summed E-state index contributed by atoms with van der Waals surface area (Å²) >= 11 is 0. The number of aryl methyl sites for hydroxylation is 2. The average molecular weight is 574 g/mol. The summed E-state index contributed by atoms with van der Waals surface area (Å²) in [6.45, 7) is 3.20. The van der Waals surface area contributed by atoms with Crippen LogP contribution in [0.15, 0.2) is 24.3 Å². The molecule has 0 spiro atoms. The van der Waals surface area contributed by atoms with Crippen LogP contribution in [0.1, 0.15) is 79.0 Å². The zero-order valence-corrected chi connectivity index (χ0v) is 22.9. The van der Waals surface area contributed by atoms with E-state index in [-0.39, 0.29) is 18.2 Å². The molecule has 0 bridgehead atoms. The molecular weight excluding hydrogens is 536 g/mol. The van der Waals surface area contributed by atoms with Gasteiger partial charge in [0.15, 0.2) is 0 Å². The molecule has 0 saturated heterocycles. The van der Waals surface area contributed by atoms with Crippen molar-refractivity contribution in [2.24, 2.45) is 5.92 Å². The molecule has 1 heterocycles. The first-order valence-electron chi connectivity index (χ1n) is 13.9. The van der Waals surface area contributed by atoms with Gasteiger partial charge in [0.1, 0.15) is 5.82 Å². The molecule has 1 saturated carbocycles. The van der Waals surface area contributed by atoms with Crippen LogP contribution in [0, 0.1) is 5.92 Å². The molecule has 11 heteroatoms. The molecule has 2 aliphatic rings. The van der Waals surface area contributed by atoms with E-state index in [4.69, 9.17) is 9.72 Å². The van der Waals surface area contributed by atoms with Crippen molar-refractivity contribution in [1.29, 1.82) is 0 Å². The first-order chi connectivity index (χ1) is 18.9. The molecule has 0 aliphatic heterocycles. The summed E-state index contributed by atoms with van der Waals surface area (Å²) in [5.74, 6) is 1.29. The van der Waals surface area contributed by atoms with Gasteiger partial charge in [0.25, 0.3) is 0 Å². The van der Waals surface area contributed by atoms with Crippen LogP contribution < -0.4 is 4.90 Å². The summed E-state index contributed by atoms with van der Waals surface area (Å²) in [5, 5.41) is 10.7. The summed E-state index contributed by atoms with van der Waals surface area (Å²) in [7, 11) is 1.23. The lowest BCUT2D eigenvalue weighted by Crippen LogP contribution is -2.37. The minimum absolute atomic E-state index is 0.0311. The molecule has 1 fully saturated rings. The highest BCUT2D eigenvalue weighted by Crippen LogP contribution is 2.37. The molecule has 1 aromatic carbocycles. The maximum Gasteiger partial charge on any atom is 0.416 e. The van der Waals surface area contributed by atoms with Crippen molar-refractivity contribution in [2.45, 2.75) is 90.1 Å². The number of fused-ring (bicyclic) bond motifs is 1. The predicted molar refractivity (Wildman–Crippen MR) is 139 cm³/mol. The second-order valence-corrected chi connectivity index (χ2v) is 10.9. The standard InChI is InChI=1S/C29H37F6N3O2/c1-3-37(16-19-8-4-5-9-19)26-22(14-21-10-6-7-11-25(21)36-26)18-38(27(39)40-2)17-20-12-23(28(30,31)32)15-24(13-20)29(33,34)35/h12-15,19,27,39H,3-11,16-18H2,1-2H3. The van der Waals surface area contributed by atoms with Crippen molar-refractivity contribution in [1.82, 2.24) is 9.88 Å². The Morgan fingerprint density at radius 2 is 1.55 bits per heavy atom. The van der Waals surface area contributed by atoms with E-state index in [2.05, 4.69) is 4.90 Å². The maximum atomic E-state index is 13.5. The average Bonchev–Trinajstić information content (AvgIpc) is 3.42. The van der Waals surface area contributed by atoms with Gasteiger partial charge >= 0.3 is 12.4 Å². The largest absolute Gasteiger partial charge is 0.416 e. The van der Waals surface area contributed by atoms with E-state index in [0.717, 1.165) is 67.7 Å². The number of aromatic nitrogens is 1. The highest BCUT2D eigenvalue weighted by atomic mass is 19.4. The Bertz CT molecular complexity index is 1120. The van der Waals surface area contributed by atoms with E-state index in [0.29, 0.717) is 24.6 Å². The van der Waals surface area contributed by atoms with E-state index < -0.39 is 36.4 Å². The van der Waals surface area contributed by atoms with Crippen LogP contribution in [-0.2, 0) is 43.0 Å². The lowest BCUT2D eigenvalue weighted by atomic mass is 9.94. The third-order valence-electron chi connectivity index (χ3n) is 7.92. The number of anilines is 1. The number of nitrogens with zero attached hydrogens (tertiary/aromatic N) is 3. The van der Waals surface area contributed by atoms with Crippen molar-refractivity contribution in [3.05, 3.63) is 57.8 Å². The fourth-order valence-corrected chi connectivity index (χ4v) is 5.86. The molecule has 2 aromatic rings. The van der Waals surface area contributed by atoms with E-state index in [9.17, 15) is 31.4 Å². The number of benzene rings is 1. The van der Waals surface area contributed by atoms with Gasteiger partial charge in [0.2, 0.25) is 6.41 Å². The Balaban J connectivity index is 1.71. The van der Waals surface area contributed by atoms with Gasteiger partial charge in [0.05, 0.1) is 11.1 Å². The monoisotopic (exact) mass is 573 g/mol. The van der Waals surface area contributed by atoms with Gasteiger partial charge in [-0.25, -0.2) is 9.88 Å². The van der Waals surface area contributed by atoms with E-state index in [1.54, 1.807) is 0 Å². The lowest BCUT2D eigenvalue weighted by Gasteiger charge is -2.32. The number of ether oxygens (including phenoxy) is 1. The quantitative estimate of drug-likeness (QED) is 0.247. The van der Waals surface area contributed by atoms with E-state index in [1.807, 2.05) is 13.0 Å². The fraction of sp³-hybridized carbons (Fsp3) is 0.621. The zero-order valence-electron chi connectivity index (χ0n) is 22.9. The van der Waals surface area contributed by atoms with Crippen LogP contribution >= 0.6 is 0 Å². The summed E-state index contributed by atoms with van der Waals surface area (Å²) in [4.78, 5) is 8.58. The second-order valence-electron chi connectivity index (χ2n) is 10.9. The topological polar surface area (TPSA) is 48.8 Å². The first kappa shape index (κ1) is 30.6. The van der Waals surface area contributed by atoms with Crippen LogP contribution in [0.5, 0.6) is 0 Å². The normalized spacial score (nSPS) is 17.4. The molecule has 1 atom stereocenters. The van der Waals surface area contributed by atoms with Gasteiger partial charge in [-0.15, -0.1) is 0 Å². The SMILES string of the molecule is CCN(CC1CCCC1)c1nc2c(cc1CN(Cc1cc(C(F)(F)F)cc(C(F)(F)F)c1)C(O)OC)CCCC2. The van der Waals surface area contributed by atoms with E-state index in [1.165, 1.54) is 24.9 Å². The number of hydrogen-bond acceptors (Lipinski definition) is 5. The van der Waals surface area contributed by atoms with Crippen LogP contribution in [0.25, 0.3) is 0 Å². The second kappa shape index (κ2) is 12.7. The van der Waals surface area contributed by atoms with Crippen LogP contribution in [0.3, 0.4) is 0 Å². The number of methoxy groups -OCH3 is 1. The van der Waals surface area contributed by atoms with Gasteiger partial charge in [-0.2, -0.15) is 26.3 Å². The molecule has 0 radical (unpaired) electrons. The van der Waals surface area contributed by atoms with Gasteiger partial charge in [-0.05, 0) is 86.8 Å². The molecule has 5 nitrogen and oxygen atoms in total. The number of aliphatic hydroxyl groups is 1. The van der Waals surface area contributed by atoms with Crippen molar-refractivity contribution >= 4 is 5.82 Å². The molecule has 1 N–H and O–H groups in total.